The molecule has 82 valence electrons. The van der Waals surface area contributed by atoms with Gasteiger partial charge in [0.25, 0.3) is 0 Å². The smallest absolute Gasteiger partial charge is 0.315 e. The van der Waals surface area contributed by atoms with Gasteiger partial charge in [-0.3, -0.25) is 4.79 Å². The number of rotatable bonds is 4. The Kier molecular flexibility index (Phi) is 4.97. The van der Waals surface area contributed by atoms with Gasteiger partial charge in [-0.15, -0.1) is 0 Å². The summed E-state index contributed by atoms with van der Waals surface area (Å²) in [5.74, 6) is -0.524. The molecular formula is C9H19N3O2. The number of carbonyl (C=O) groups is 2. The van der Waals surface area contributed by atoms with Gasteiger partial charge in [0.2, 0.25) is 5.91 Å². The summed E-state index contributed by atoms with van der Waals surface area (Å²) in [7, 11) is 0. The third kappa shape index (κ3) is 4.69. The molecule has 0 aromatic rings. The van der Waals surface area contributed by atoms with E-state index in [-0.39, 0.29) is 18.0 Å². The number of carbonyl (C=O) groups excluding carboxylic acids is 2. The van der Waals surface area contributed by atoms with Crippen molar-refractivity contribution in [2.45, 2.75) is 39.8 Å². The first-order valence-electron chi connectivity index (χ1n) is 4.71. The molecule has 1 atom stereocenters. The Hall–Kier alpha value is -1.26. The molecule has 0 aromatic heterocycles. The summed E-state index contributed by atoms with van der Waals surface area (Å²) in [4.78, 5) is 22.2. The minimum absolute atomic E-state index is 0.00888. The van der Waals surface area contributed by atoms with Crippen LogP contribution in [0.5, 0.6) is 0 Å². The highest BCUT2D eigenvalue weighted by atomic mass is 16.2. The molecule has 0 aliphatic heterocycles. The van der Waals surface area contributed by atoms with E-state index in [0.717, 1.165) is 0 Å². The summed E-state index contributed by atoms with van der Waals surface area (Å²) >= 11 is 0. The van der Waals surface area contributed by atoms with Crippen LogP contribution >= 0.6 is 0 Å². The lowest BCUT2D eigenvalue weighted by molar-refractivity contribution is -0.120. The van der Waals surface area contributed by atoms with Crippen LogP contribution in [-0.2, 0) is 4.79 Å². The SMILES string of the molecule is CC(C)NC(=O)NC(C(N)=O)C(C)C. The van der Waals surface area contributed by atoms with Gasteiger partial charge in [0.15, 0.2) is 0 Å². The quantitative estimate of drug-likeness (QED) is 0.607. The molecule has 0 saturated carbocycles. The Balaban J connectivity index is 4.17. The molecule has 0 aliphatic carbocycles. The highest BCUT2D eigenvalue weighted by Crippen LogP contribution is 2.00. The van der Waals surface area contributed by atoms with Crippen molar-refractivity contribution < 1.29 is 9.59 Å². The fraction of sp³-hybridized carbons (Fsp3) is 0.778. The number of urea groups is 1. The van der Waals surface area contributed by atoms with Crippen LogP contribution in [0.4, 0.5) is 4.79 Å². The number of nitrogens with two attached hydrogens (primary N) is 1. The van der Waals surface area contributed by atoms with Crippen molar-refractivity contribution in [3.05, 3.63) is 0 Å². The fourth-order valence-electron chi connectivity index (χ4n) is 1.01. The summed E-state index contributed by atoms with van der Waals surface area (Å²) in [6, 6.07) is -0.943. The molecule has 1 unspecified atom stereocenters. The molecule has 3 amide bonds. The summed E-state index contributed by atoms with van der Waals surface area (Å²) in [6.45, 7) is 7.33. The van der Waals surface area contributed by atoms with Crippen LogP contribution in [0.15, 0.2) is 0 Å². The van der Waals surface area contributed by atoms with E-state index in [1.807, 2.05) is 27.7 Å². The minimum atomic E-state index is -0.617. The van der Waals surface area contributed by atoms with Crippen molar-refractivity contribution in [1.82, 2.24) is 10.6 Å². The zero-order valence-corrected chi connectivity index (χ0v) is 9.13. The van der Waals surface area contributed by atoms with Crippen LogP contribution in [-0.4, -0.2) is 24.0 Å². The molecular weight excluding hydrogens is 182 g/mol. The second-order valence-electron chi connectivity index (χ2n) is 3.90. The first-order valence-corrected chi connectivity index (χ1v) is 4.71. The summed E-state index contributed by atoms with van der Waals surface area (Å²) in [5, 5.41) is 5.15. The molecule has 0 spiro atoms. The third-order valence-electron chi connectivity index (χ3n) is 1.68. The normalized spacial score (nSPS) is 12.7. The van der Waals surface area contributed by atoms with Crippen molar-refractivity contribution in [1.29, 1.82) is 0 Å². The van der Waals surface area contributed by atoms with Crippen molar-refractivity contribution >= 4 is 11.9 Å². The van der Waals surface area contributed by atoms with Gasteiger partial charge in [-0.05, 0) is 19.8 Å². The summed E-state index contributed by atoms with van der Waals surface area (Å²) in [5.41, 5.74) is 5.14. The molecule has 4 N–H and O–H groups in total. The van der Waals surface area contributed by atoms with Gasteiger partial charge < -0.3 is 16.4 Å². The van der Waals surface area contributed by atoms with Gasteiger partial charge >= 0.3 is 6.03 Å². The molecule has 0 bridgehead atoms. The highest BCUT2D eigenvalue weighted by molar-refractivity contribution is 5.86. The highest BCUT2D eigenvalue weighted by Gasteiger charge is 2.21. The lowest BCUT2D eigenvalue weighted by atomic mass is 10.0. The molecule has 0 radical (unpaired) electrons. The van der Waals surface area contributed by atoms with Crippen molar-refractivity contribution in [3.63, 3.8) is 0 Å². The molecule has 0 heterocycles. The number of amides is 3. The van der Waals surface area contributed by atoms with Crippen LogP contribution in [0.1, 0.15) is 27.7 Å². The molecule has 0 rings (SSSR count). The molecule has 14 heavy (non-hydrogen) atoms. The molecule has 5 heteroatoms. The minimum Gasteiger partial charge on any atom is -0.368 e. The standard InChI is InChI=1S/C9H19N3O2/c1-5(2)7(8(10)13)12-9(14)11-6(3)4/h5-7H,1-4H3,(H2,10,13)(H2,11,12,14). The Morgan fingerprint density at radius 1 is 1.07 bits per heavy atom. The van der Waals surface area contributed by atoms with Gasteiger partial charge in [0.05, 0.1) is 0 Å². The van der Waals surface area contributed by atoms with E-state index in [4.69, 9.17) is 5.73 Å². The van der Waals surface area contributed by atoms with E-state index in [2.05, 4.69) is 10.6 Å². The lowest BCUT2D eigenvalue weighted by Crippen LogP contribution is -2.52. The van der Waals surface area contributed by atoms with E-state index in [0.29, 0.717) is 0 Å². The molecule has 0 aliphatic rings. The Morgan fingerprint density at radius 2 is 1.57 bits per heavy atom. The topological polar surface area (TPSA) is 84.2 Å². The molecule has 0 saturated heterocycles. The van der Waals surface area contributed by atoms with E-state index >= 15 is 0 Å². The average Bonchev–Trinajstić information content (AvgIpc) is 1.97. The van der Waals surface area contributed by atoms with Crippen molar-refractivity contribution in [2.24, 2.45) is 11.7 Å². The lowest BCUT2D eigenvalue weighted by Gasteiger charge is -2.20. The number of hydrogen-bond donors (Lipinski definition) is 3. The fourth-order valence-corrected chi connectivity index (χ4v) is 1.01. The summed E-state index contributed by atoms with van der Waals surface area (Å²) < 4.78 is 0. The molecule has 5 nitrogen and oxygen atoms in total. The second-order valence-corrected chi connectivity index (χ2v) is 3.90. The van der Waals surface area contributed by atoms with E-state index in [1.165, 1.54) is 0 Å². The predicted octanol–water partition coefficient (Wildman–Crippen LogP) is 0.204. The van der Waals surface area contributed by atoms with Gasteiger partial charge in [0.1, 0.15) is 6.04 Å². The summed E-state index contributed by atoms with van der Waals surface area (Å²) in [6.07, 6.45) is 0. The van der Waals surface area contributed by atoms with Crippen molar-refractivity contribution in [2.75, 3.05) is 0 Å². The predicted molar refractivity (Wildman–Crippen MR) is 54.6 cm³/mol. The first kappa shape index (κ1) is 12.7. The number of primary amides is 1. The van der Waals surface area contributed by atoms with Crippen LogP contribution in [0.25, 0.3) is 0 Å². The average molecular weight is 201 g/mol. The maximum absolute atomic E-state index is 11.2. The third-order valence-corrected chi connectivity index (χ3v) is 1.68. The van der Waals surface area contributed by atoms with Crippen LogP contribution < -0.4 is 16.4 Å². The largest absolute Gasteiger partial charge is 0.368 e. The van der Waals surface area contributed by atoms with Gasteiger partial charge in [-0.1, -0.05) is 13.8 Å². The monoisotopic (exact) mass is 201 g/mol. The Morgan fingerprint density at radius 3 is 1.86 bits per heavy atom. The Labute approximate surface area is 84.4 Å². The van der Waals surface area contributed by atoms with Crippen molar-refractivity contribution in [3.8, 4) is 0 Å². The van der Waals surface area contributed by atoms with Crippen LogP contribution in [0, 0.1) is 5.92 Å². The van der Waals surface area contributed by atoms with E-state index in [1.54, 1.807) is 0 Å². The maximum Gasteiger partial charge on any atom is 0.315 e. The van der Waals surface area contributed by atoms with Gasteiger partial charge in [-0.2, -0.15) is 0 Å². The van der Waals surface area contributed by atoms with E-state index < -0.39 is 11.9 Å². The first-order chi connectivity index (χ1) is 6.34. The number of nitrogens with one attached hydrogen (secondary N) is 2. The second kappa shape index (κ2) is 5.47. The maximum atomic E-state index is 11.2. The van der Waals surface area contributed by atoms with Gasteiger partial charge in [0, 0.05) is 6.04 Å². The molecule has 0 aromatic carbocycles. The Bertz CT molecular complexity index is 214. The van der Waals surface area contributed by atoms with Gasteiger partial charge in [-0.25, -0.2) is 4.79 Å². The van der Waals surface area contributed by atoms with Crippen LogP contribution in [0.3, 0.4) is 0 Å². The number of hydrogen-bond acceptors (Lipinski definition) is 2. The van der Waals surface area contributed by atoms with E-state index in [9.17, 15) is 9.59 Å². The zero-order valence-electron chi connectivity index (χ0n) is 9.13. The zero-order chi connectivity index (χ0) is 11.3. The van der Waals surface area contributed by atoms with Crippen LogP contribution in [0.2, 0.25) is 0 Å². The molecule has 0 fully saturated rings.